The van der Waals surface area contributed by atoms with Gasteiger partial charge < -0.3 is 0 Å². The number of fused-ring (bicyclic) bond motifs is 1. The zero-order valence-corrected chi connectivity index (χ0v) is 12.1. The highest BCUT2D eigenvalue weighted by molar-refractivity contribution is 9.09. The number of rotatable bonds is 3. The van der Waals surface area contributed by atoms with Crippen LogP contribution in [-0.4, -0.2) is 11.3 Å². The van der Waals surface area contributed by atoms with Gasteiger partial charge >= 0.3 is 5.51 Å². The quantitative estimate of drug-likeness (QED) is 0.671. The van der Waals surface area contributed by atoms with E-state index in [1.165, 1.54) is 11.1 Å². The molecule has 0 spiro atoms. The number of aryl methyl sites for hydroxylation is 1. The monoisotopic (exact) mass is 338 g/mol. The Labute approximate surface area is 117 Å². The highest BCUT2D eigenvalue weighted by Gasteiger charge is 2.31. The van der Waals surface area contributed by atoms with E-state index in [1.54, 1.807) is 0 Å². The van der Waals surface area contributed by atoms with Crippen LogP contribution in [0.2, 0.25) is 0 Å². The van der Waals surface area contributed by atoms with E-state index in [0.717, 1.165) is 12.8 Å². The van der Waals surface area contributed by atoms with Gasteiger partial charge in [0, 0.05) is 10.6 Å². The lowest BCUT2D eigenvalue weighted by Crippen LogP contribution is -2.18. The Balaban J connectivity index is 1.93. The second kappa shape index (κ2) is 5.87. The predicted octanol–water partition coefficient (Wildman–Crippen LogP) is 5.33. The minimum atomic E-state index is -4.10. The first kappa shape index (κ1) is 14.3. The molecule has 0 N–H and O–H groups in total. The van der Waals surface area contributed by atoms with Crippen LogP contribution in [0, 0.1) is 5.92 Å². The fourth-order valence-electron chi connectivity index (χ4n) is 2.39. The molecule has 100 valence electrons. The van der Waals surface area contributed by atoms with Crippen LogP contribution in [0.3, 0.4) is 0 Å². The standard InChI is InChI=1S/C13H14BrF3S/c14-12-10(7-8-18-13(15,16)17)6-5-9-3-1-2-4-11(9)12/h1-4,10,12H,5-8H2. The summed E-state index contributed by atoms with van der Waals surface area (Å²) in [6, 6.07) is 8.17. The molecule has 0 radical (unpaired) electrons. The van der Waals surface area contributed by atoms with Crippen molar-refractivity contribution in [1.82, 2.24) is 0 Å². The van der Waals surface area contributed by atoms with Gasteiger partial charge in [-0.1, -0.05) is 52.0 Å². The maximum Gasteiger partial charge on any atom is 0.441 e. The topological polar surface area (TPSA) is 0 Å². The maximum atomic E-state index is 12.1. The molecule has 2 atom stereocenters. The molecule has 0 bridgehead atoms. The molecule has 0 saturated carbocycles. The van der Waals surface area contributed by atoms with Crippen molar-refractivity contribution in [2.24, 2.45) is 5.92 Å². The highest BCUT2D eigenvalue weighted by Crippen LogP contribution is 2.43. The minimum Gasteiger partial charge on any atom is -0.160 e. The molecule has 1 aromatic rings. The van der Waals surface area contributed by atoms with Crippen molar-refractivity contribution in [3.63, 3.8) is 0 Å². The third-order valence-corrected chi connectivity index (χ3v) is 5.31. The van der Waals surface area contributed by atoms with Crippen molar-refractivity contribution in [1.29, 1.82) is 0 Å². The molecule has 0 amide bonds. The number of hydrogen-bond donors (Lipinski definition) is 0. The van der Waals surface area contributed by atoms with Crippen LogP contribution in [0.1, 0.15) is 28.8 Å². The second-order valence-corrected chi connectivity index (χ2v) is 6.63. The average Bonchev–Trinajstić information content (AvgIpc) is 2.31. The van der Waals surface area contributed by atoms with E-state index >= 15 is 0 Å². The Bertz CT molecular complexity index is 405. The molecule has 1 aromatic carbocycles. The smallest absolute Gasteiger partial charge is 0.160 e. The Hall–Kier alpha value is -0.160. The molecular weight excluding hydrogens is 325 g/mol. The van der Waals surface area contributed by atoms with Gasteiger partial charge in [-0.15, -0.1) is 0 Å². The summed E-state index contributed by atoms with van der Waals surface area (Å²) in [5.41, 5.74) is -1.54. The van der Waals surface area contributed by atoms with Crippen LogP contribution < -0.4 is 0 Å². The van der Waals surface area contributed by atoms with Crippen molar-refractivity contribution in [3.05, 3.63) is 35.4 Å². The van der Waals surface area contributed by atoms with Crippen LogP contribution in [0.5, 0.6) is 0 Å². The van der Waals surface area contributed by atoms with Gasteiger partial charge in [-0.3, -0.25) is 0 Å². The number of halogens is 4. The van der Waals surface area contributed by atoms with Gasteiger partial charge in [-0.2, -0.15) is 13.2 Å². The van der Waals surface area contributed by atoms with E-state index in [-0.39, 0.29) is 22.3 Å². The van der Waals surface area contributed by atoms with E-state index in [0.29, 0.717) is 12.3 Å². The van der Waals surface area contributed by atoms with Crippen molar-refractivity contribution in [2.75, 3.05) is 5.75 Å². The Kier molecular flexibility index (Phi) is 4.64. The average molecular weight is 339 g/mol. The third kappa shape index (κ3) is 3.67. The summed E-state index contributed by atoms with van der Waals surface area (Å²) >= 11 is 3.73. The van der Waals surface area contributed by atoms with E-state index in [9.17, 15) is 13.2 Å². The molecule has 0 aromatic heterocycles. The Morgan fingerprint density at radius 1 is 1.28 bits per heavy atom. The first-order chi connectivity index (χ1) is 8.47. The SMILES string of the molecule is FC(F)(F)SCCC1CCc2ccccc2C1Br. The van der Waals surface area contributed by atoms with Gasteiger partial charge in [-0.05, 0) is 36.3 Å². The summed E-state index contributed by atoms with van der Waals surface area (Å²) in [6.45, 7) is 0. The van der Waals surface area contributed by atoms with Crippen LogP contribution >= 0.6 is 27.7 Å². The molecule has 0 fully saturated rings. The van der Waals surface area contributed by atoms with E-state index < -0.39 is 5.51 Å². The molecule has 0 nitrogen and oxygen atoms in total. The normalized spacial score (nSPS) is 23.8. The zero-order chi connectivity index (χ0) is 13.2. The molecule has 18 heavy (non-hydrogen) atoms. The molecule has 1 aliphatic carbocycles. The molecule has 2 unspecified atom stereocenters. The molecular formula is C13H14BrF3S. The third-order valence-electron chi connectivity index (χ3n) is 3.30. The second-order valence-electron chi connectivity index (χ2n) is 4.48. The number of thioether (sulfide) groups is 1. The number of hydrogen-bond acceptors (Lipinski definition) is 1. The fourth-order valence-corrected chi connectivity index (χ4v) is 4.02. The van der Waals surface area contributed by atoms with Crippen LogP contribution in [0.25, 0.3) is 0 Å². The van der Waals surface area contributed by atoms with Gasteiger partial charge in [0.15, 0.2) is 0 Å². The molecule has 5 heteroatoms. The van der Waals surface area contributed by atoms with Gasteiger partial charge in [0.05, 0.1) is 0 Å². The van der Waals surface area contributed by atoms with Crippen molar-refractivity contribution in [2.45, 2.75) is 29.6 Å². The molecule has 0 heterocycles. The van der Waals surface area contributed by atoms with Gasteiger partial charge in [0.25, 0.3) is 0 Å². The van der Waals surface area contributed by atoms with Crippen LogP contribution in [0.4, 0.5) is 13.2 Å². The maximum absolute atomic E-state index is 12.1. The van der Waals surface area contributed by atoms with Crippen LogP contribution in [-0.2, 0) is 6.42 Å². The van der Waals surface area contributed by atoms with Crippen molar-refractivity contribution >= 4 is 27.7 Å². The lowest BCUT2D eigenvalue weighted by atomic mass is 9.82. The van der Waals surface area contributed by atoms with Crippen molar-refractivity contribution in [3.8, 4) is 0 Å². The summed E-state index contributed by atoms with van der Waals surface area (Å²) in [5.74, 6) is 0.452. The molecule has 0 aliphatic heterocycles. The van der Waals surface area contributed by atoms with E-state index in [2.05, 4.69) is 28.1 Å². The van der Waals surface area contributed by atoms with E-state index in [4.69, 9.17) is 0 Å². The largest absolute Gasteiger partial charge is 0.441 e. The predicted molar refractivity (Wildman–Crippen MR) is 73.1 cm³/mol. The molecule has 1 aliphatic rings. The van der Waals surface area contributed by atoms with Gasteiger partial charge in [0.2, 0.25) is 0 Å². The van der Waals surface area contributed by atoms with Crippen molar-refractivity contribution < 1.29 is 13.2 Å². The minimum absolute atomic E-state index is 0.0897. The lowest BCUT2D eigenvalue weighted by Gasteiger charge is -2.30. The summed E-state index contributed by atoms with van der Waals surface area (Å²) in [4.78, 5) is 0.191. The first-order valence-electron chi connectivity index (χ1n) is 5.90. The molecule has 2 rings (SSSR count). The van der Waals surface area contributed by atoms with Crippen LogP contribution in [0.15, 0.2) is 24.3 Å². The number of alkyl halides is 4. The summed E-state index contributed by atoms with van der Waals surface area (Å²) in [5, 5.41) is 0. The Morgan fingerprint density at radius 2 is 2.00 bits per heavy atom. The Morgan fingerprint density at radius 3 is 2.72 bits per heavy atom. The van der Waals surface area contributed by atoms with E-state index in [1.807, 2.05) is 12.1 Å². The van der Waals surface area contributed by atoms with Gasteiger partial charge in [0.1, 0.15) is 0 Å². The zero-order valence-electron chi connectivity index (χ0n) is 9.71. The summed E-state index contributed by atoms with van der Waals surface area (Å²) in [7, 11) is 0. The summed E-state index contributed by atoms with van der Waals surface area (Å²) < 4.78 is 36.3. The van der Waals surface area contributed by atoms with Gasteiger partial charge in [-0.25, -0.2) is 0 Å². The lowest BCUT2D eigenvalue weighted by molar-refractivity contribution is -0.0328. The highest BCUT2D eigenvalue weighted by atomic mass is 79.9. The first-order valence-corrected chi connectivity index (χ1v) is 7.80. The summed E-state index contributed by atoms with van der Waals surface area (Å²) in [6.07, 6.45) is 2.54. The fraction of sp³-hybridized carbons (Fsp3) is 0.538. The number of benzene rings is 1. The molecule has 0 saturated heterocycles.